The molecule has 0 bridgehead atoms. The van der Waals surface area contributed by atoms with E-state index >= 15 is 0 Å². The number of halogens is 2. The van der Waals surface area contributed by atoms with Crippen molar-refractivity contribution in [3.63, 3.8) is 0 Å². The molecule has 0 aliphatic heterocycles. The Bertz CT molecular complexity index is 829. The zero-order chi connectivity index (χ0) is 21.2. The topological polar surface area (TPSA) is 64.1 Å². The van der Waals surface area contributed by atoms with Crippen LogP contribution in [0.4, 0.5) is 8.78 Å². The van der Waals surface area contributed by atoms with E-state index in [9.17, 15) is 8.78 Å². The fourth-order valence-electron chi connectivity index (χ4n) is 2.82. The molecule has 0 amide bonds. The van der Waals surface area contributed by atoms with Crippen molar-refractivity contribution in [2.75, 3.05) is 27.8 Å². The monoisotopic (exact) mass is 407 g/mol. The van der Waals surface area contributed by atoms with Crippen LogP contribution < -0.4 is 24.8 Å². The summed E-state index contributed by atoms with van der Waals surface area (Å²) in [6.07, 6.45) is 0.741. The summed E-state index contributed by atoms with van der Waals surface area (Å²) in [6.45, 7) is -0.0370. The van der Waals surface area contributed by atoms with Gasteiger partial charge in [-0.15, -0.1) is 0 Å². The highest BCUT2D eigenvalue weighted by molar-refractivity contribution is 5.79. The van der Waals surface area contributed by atoms with Gasteiger partial charge in [-0.25, -0.2) is 0 Å². The highest BCUT2D eigenvalue weighted by Gasteiger charge is 2.11. The number of nitrogens with one attached hydrogen (secondary N) is 2. The van der Waals surface area contributed by atoms with Gasteiger partial charge in [-0.2, -0.15) is 8.78 Å². The van der Waals surface area contributed by atoms with Gasteiger partial charge in [0.2, 0.25) is 0 Å². The van der Waals surface area contributed by atoms with Crippen molar-refractivity contribution in [2.45, 2.75) is 26.5 Å². The molecule has 0 radical (unpaired) electrons. The molecule has 0 unspecified atom stereocenters. The second-order valence-electron chi connectivity index (χ2n) is 6.28. The smallest absolute Gasteiger partial charge is 0.387 e. The lowest BCUT2D eigenvalue weighted by Gasteiger charge is -2.15. The van der Waals surface area contributed by atoms with Crippen LogP contribution in [0.5, 0.6) is 17.2 Å². The van der Waals surface area contributed by atoms with Crippen molar-refractivity contribution < 1.29 is 23.0 Å². The Morgan fingerprint density at radius 1 is 1.00 bits per heavy atom. The van der Waals surface area contributed by atoms with Crippen LogP contribution >= 0.6 is 0 Å². The third-order valence-corrected chi connectivity index (χ3v) is 4.26. The summed E-state index contributed by atoms with van der Waals surface area (Å²) < 4.78 is 40.3. The number of rotatable bonds is 9. The molecule has 2 N–H and O–H groups in total. The number of nitrogens with zero attached hydrogens (tertiary/aromatic N) is 1. The summed E-state index contributed by atoms with van der Waals surface area (Å²) in [7, 11) is 4.85. The molecule has 158 valence electrons. The zero-order valence-corrected chi connectivity index (χ0v) is 17.1. The molecule has 2 aromatic rings. The number of guanidine groups is 1. The lowest BCUT2D eigenvalue weighted by Crippen LogP contribution is -2.38. The number of alkyl halides is 2. The van der Waals surface area contributed by atoms with Crippen LogP contribution in [-0.4, -0.2) is 40.4 Å². The molecule has 0 saturated carbocycles. The first-order chi connectivity index (χ1) is 14.0. The van der Waals surface area contributed by atoms with Crippen LogP contribution in [0.1, 0.15) is 16.7 Å². The Morgan fingerprint density at radius 2 is 1.72 bits per heavy atom. The van der Waals surface area contributed by atoms with Crippen LogP contribution in [0.25, 0.3) is 0 Å². The summed E-state index contributed by atoms with van der Waals surface area (Å²) >= 11 is 0. The maximum atomic E-state index is 12.6. The first-order valence-corrected chi connectivity index (χ1v) is 9.16. The lowest BCUT2D eigenvalue weighted by molar-refractivity contribution is -0.0504. The van der Waals surface area contributed by atoms with E-state index in [4.69, 9.17) is 9.47 Å². The van der Waals surface area contributed by atoms with Crippen LogP contribution in [0, 0.1) is 6.92 Å². The fraction of sp³-hybridized carbons (Fsp3) is 0.381. The van der Waals surface area contributed by atoms with Gasteiger partial charge in [0, 0.05) is 25.7 Å². The molecule has 29 heavy (non-hydrogen) atoms. The summed E-state index contributed by atoms with van der Waals surface area (Å²) in [5.41, 5.74) is 2.67. The first-order valence-electron chi connectivity index (χ1n) is 9.16. The largest absolute Gasteiger partial charge is 0.493 e. The number of aliphatic imine (C=N–C) groups is 1. The van der Waals surface area contributed by atoms with E-state index in [-0.39, 0.29) is 5.75 Å². The van der Waals surface area contributed by atoms with Crippen molar-refractivity contribution in [3.05, 3.63) is 53.1 Å². The van der Waals surface area contributed by atoms with Gasteiger partial charge in [0.05, 0.1) is 14.2 Å². The van der Waals surface area contributed by atoms with Gasteiger partial charge in [0.15, 0.2) is 17.5 Å². The number of aryl methyl sites for hydroxylation is 1. The van der Waals surface area contributed by atoms with Crippen LogP contribution in [-0.2, 0) is 13.0 Å². The third kappa shape index (κ3) is 6.81. The van der Waals surface area contributed by atoms with Gasteiger partial charge in [0.1, 0.15) is 5.75 Å². The van der Waals surface area contributed by atoms with Crippen LogP contribution in [0.15, 0.2) is 41.4 Å². The number of ether oxygens (including phenoxy) is 3. The molecule has 0 aromatic heterocycles. The number of methoxy groups -OCH3 is 2. The molecule has 0 aliphatic carbocycles. The number of benzene rings is 2. The molecule has 0 atom stereocenters. The SMILES string of the molecule is CN=C(NCCc1ccc(OC)c(OC)c1)NCc1cc(C)ccc1OC(F)F. The van der Waals surface area contributed by atoms with E-state index in [2.05, 4.69) is 20.4 Å². The molecule has 0 fully saturated rings. The summed E-state index contributed by atoms with van der Waals surface area (Å²) in [5, 5.41) is 6.33. The highest BCUT2D eigenvalue weighted by atomic mass is 19.3. The predicted molar refractivity (Wildman–Crippen MR) is 109 cm³/mol. The van der Waals surface area contributed by atoms with Gasteiger partial charge < -0.3 is 24.8 Å². The Kier molecular flexibility index (Phi) is 8.51. The normalized spacial score (nSPS) is 11.3. The summed E-state index contributed by atoms with van der Waals surface area (Å²) in [6, 6.07) is 10.9. The Labute approximate surface area is 169 Å². The third-order valence-electron chi connectivity index (χ3n) is 4.26. The van der Waals surface area contributed by atoms with Crippen molar-refractivity contribution in [1.29, 1.82) is 0 Å². The number of hydrogen-bond acceptors (Lipinski definition) is 4. The van der Waals surface area contributed by atoms with Crippen molar-refractivity contribution in [2.24, 2.45) is 4.99 Å². The first kappa shape index (κ1) is 22.3. The molecule has 0 aliphatic rings. The average molecular weight is 407 g/mol. The predicted octanol–water partition coefficient (Wildman–Crippen LogP) is 3.52. The molecule has 0 heterocycles. The van der Waals surface area contributed by atoms with E-state index in [1.54, 1.807) is 33.4 Å². The second-order valence-corrected chi connectivity index (χ2v) is 6.28. The Balaban J connectivity index is 1.91. The van der Waals surface area contributed by atoms with Gasteiger partial charge in [-0.1, -0.05) is 23.8 Å². The van der Waals surface area contributed by atoms with Crippen LogP contribution in [0.3, 0.4) is 0 Å². The number of hydrogen-bond donors (Lipinski definition) is 2. The molecule has 2 rings (SSSR count). The Hall–Kier alpha value is -3.03. The van der Waals surface area contributed by atoms with E-state index in [1.807, 2.05) is 31.2 Å². The summed E-state index contributed by atoms with van der Waals surface area (Å²) in [4.78, 5) is 4.17. The minimum absolute atomic E-state index is 0.152. The second kappa shape index (κ2) is 11.1. The lowest BCUT2D eigenvalue weighted by atomic mass is 10.1. The van der Waals surface area contributed by atoms with E-state index in [0.29, 0.717) is 36.1 Å². The summed E-state index contributed by atoms with van der Waals surface area (Å²) in [5.74, 6) is 2.08. The fourth-order valence-corrected chi connectivity index (χ4v) is 2.82. The molecular formula is C21H27F2N3O3. The molecule has 6 nitrogen and oxygen atoms in total. The van der Waals surface area contributed by atoms with E-state index in [1.165, 1.54) is 0 Å². The minimum atomic E-state index is -2.87. The Morgan fingerprint density at radius 3 is 2.38 bits per heavy atom. The standard InChI is InChI=1S/C21H27F2N3O3/c1-14-5-7-17(29-20(22)23)16(11-14)13-26-21(24-2)25-10-9-15-6-8-18(27-3)19(12-15)28-4/h5-8,11-12,20H,9-10,13H2,1-4H3,(H2,24,25,26). The van der Waals surface area contributed by atoms with Crippen molar-refractivity contribution in [3.8, 4) is 17.2 Å². The maximum absolute atomic E-state index is 12.6. The van der Waals surface area contributed by atoms with Crippen molar-refractivity contribution in [1.82, 2.24) is 10.6 Å². The maximum Gasteiger partial charge on any atom is 0.387 e. The minimum Gasteiger partial charge on any atom is -0.493 e. The average Bonchev–Trinajstić information content (AvgIpc) is 2.71. The molecule has 0 spiro atoms. The molecule has 0 saturated heterocycles. The van der Waals surface area contributed by atoms with Gasteiger partial charge in [0.25, 0.3) is 0 Å². The van der Waals surface area contributed by atoms with Crippen molar-refractivity contribution >= 4 is 5.96 Å². The molecule has 2 aromatic carbocycles. The van der Waals surface area contributed by atoms with E-state index < -0.39 is 6.61 Å². The highest BCUT2D eigenvalue weighted by Crippen LogP contribution is 2.27. The van der Waals surface area contributed by atoms with Crippen LogP contribution in [0.2, 0.25) is 0 Å². The quantitative estimate of drug-likeness (QED) is 0.492. The van der Waals surface area contributed by atoms with Gasteiger partial charge >= 0.3 is 6.61 Å². The van der Waals surface area contributed by atoms with E-state index in [0.717, 1.165) is 17.5 Å². The van der Waals surface area contributed by atoms with Gasteiger partial charge in [-0.3, -0.25) is 4.99 Å². The molecule has 8 heteroatoms. The van der Waals surface area contributed by atoms with Gasteiger partial charge in [-0.05, 0) is 37.1 Å². The zero-order valence-electron chi connectivity index (χ0n) is 17.1. The molecular weight excluding hydrogens is 380 g/mol.